The molecular formula is C19H14ClF3N2O4. The van der Waals surface area contributed by atoms with Gasteiger partial charge in [-0.3, -0.25) is 9.59 Å². The molecule has 2 aromatic rings. The molecule has 0 aliphatic heterocycles. The van der Waals surface area contributed by atoms with Crippen LogP contribution in [0.5, 0.6) is 0 Å². The molecule has 0 saturated heterocycles. The van der Waals surface area contributed by atoms with Crippen LogP contribution in [-0.4, -0.2) is 30.4 Å². The second kappa shape index (κ2) is 9.74. The molecule has 2 N–H and O–H groups in total. The maximum absolute atomic E-state index is 12.2. The summed E-state index contributed by atoms with van der Waals surface area (Å²) in [7, 11) is 0. The van der Waals surface area contributed by atoms with Gasteiger partial charge in [-0.05, 0) is 30.3 Å². The van der Waals surface area contributed by atoms with Crippen LogP contribution in [0.1, 0.15) is 10.4 Å². The molecule has 0 saturated carbocycles. The zero-order valence-electron chi connectivity index (χ0n) is 14.6. The van der Waals surface area contributed by atoms with Crippen LogP contribution in [0.15, 0.2) is 60.8 Å². The first-order chi connectivity index (χ1) is 13.7. The van der Waals surface area contributed by atoms with E-state index in [0.717, 1.165) is 6.20 Å². The molecule has 2 aromatic carbocycles. The SMILES string of the molecule is O=C(COC(=O)c1ccccc1N/C=C/C(=O)C(F)(F)F)Nc1cccc(Cl)c1. The Morgan fingerprint density at radius 2 is 1.79 bits per heavy atom. The van der Waals surface area contributed by atoms with Crippen LogP contribution in [0.3, 0.4) is 0 Å². The maximum Gasteiger partial charge on any atom is 0.454 e. The lowest BCUT2D eigenvalue weighted by atomic mass is 10.2. The molecule has 10 heteroatoms. The van der Waals surface area contributed by atoms with E-state index in [1.807, 2.05) is 0 Å². The number of halogens is 4. The molecule has 152 valence electrons. The summed E-state index contributed by atoms with van der Waals surface area (Å²) in [6, 6.07) is 12.1. The number of allylic oxidation sites excluding steroid dienone is 1. The molecule has 0 radical (unpaired) electrons. The average Bonchev–Trinajstić information content (AvgIpc) is 2.65. The number of hydrogen-bond donors (Lipinski definition) is 2. The molecular weight excluding hydrogens is 413 g/mol. The number of amides is 1. The predicted octanol–water partition coefficient (Wildman–Crippen LogP) is 4.19. The van der Waals surface area contributed by atoms with Gasteiger partial charge in [0.2, 0.25) is 0 Å². The van der Waals surface area contributed by atoms with Crippen molar-refractivity contribution in [1.29, 1.82) is 0 Å². The lowest BCUT2D eigenvalue weighted by Crippen LogP contribution is -2.21. The molecule has 0 spiro atoms. The van der Waals surface area contributed by atoms with Crippen molar-refractivity contribution in [1.82, 2.24) is 0 Å². The minimum atomic E-state index is -4.99. The number of hydrogen-bond acceptors (Lipinski definition) is 5. The number of ketones is 1. The topological polar surface area (TPSA) is 84.5 Å². The number of benzene rings is 2. The lowest BCUT2D eigenvalue weighted by Gasteiger charge is -2.10. The van der Waals surface area contributed by atoms with Crippen molar-refractivity contribution in [3.63, 3.8) is 0 Å². The fraction of sp³-hybridized carbons (Fsp3) is 0.105. The number of carbonyl (C=O) groups is 3. The van der Waals surface area contributed by atoms with E-state index < -0.39 is 30.4 Å². The van der Waals surface area contributed by atoms with Gasteiger partial charge in [-0.15, -0.1) is 0 Å². The quantitative estimate of drug-likeness (QED) is 0.512. The van der Waals surface area contributed by atoms with Crippen LogP contribution < -0.4 is 10.6 Å². The second-order valence-electron chi connectivity index (χ2n) is 5.52. The van der Waals surface area contributed by atoms with Crippen LogP contribution in [0.2, 0.25) is 5.02 Å². The zero-order chi connectivity index (χ0) is 21.4. The van der Waals surface area contributed by atoms with Gasteiger partial charge in [-0.25, -0.2) is 4.79 Å². The molecule has 2 rings (SSSR count). The fourth-order valence-corrected chi connectivity index (χ4v) is 2.25. The summed E-state index contributed by atoms with van der Waals surface area (Å²) >= 11 is 5.81. The number of alkyl halides is 3. The summed E-state index contributed by atoms with van der Waals surface area (Å²) in [5.41, 5.74) is 0.478. The molecule has 6 nitrogen and oxygen atoms in total. The van der Waals surface area contributed by atoms with Gasteiger partial charge in [0.1, 0.15) is 0 Å². The molecule has 1 amide bonds. The Morgan fingerprint density at radius 3 is 2.48 bits per heavy atom. The van der Waals surface area contributed by atoms with E-state index in [-0.39, 0.29) is 11.3 Å². The number of para-hydroxylation sites is 1. The van der Waals surface area contributed by atoms with E-state index in [2.05, 4.69) is 10.6 Å². The van der Waals surface area contributed by atoms with E-state index in [0.29, 0.717) is 16.8 Å². The molecule has 0 heterocycles. The normalized spacial score (nSPS) is 11.2. The summed E-state index contributed by atoms with van der Waals surface area (Å²) < 4.78 is 41.5. The van der Waals surface area contributed by atoms with Crippen LogP contribution in [0.4, 0.5) is 24.5 Å². The Balaban J connectivity index is 1.96. The van der Waals surface area contributed by atoms with Crippen molar-refractivity contribution >= 4 is 40.6 Å². The number of rotatable bonds is 7. The predicted molar refractivity (Wildman–Crippen MR) is 101 cm³/mol. The molecule has 0 atom stereocenters. The Labute approximate surface area is 168 Å². The lowest BCUT2D eigenvalue weighted by molar-refractivity contribution is -0.165. The number of esters is 1. The molecule has 0 fully saturated rings. The standard InChI is InChI=1S/C19H14ClF3N2O4/c20-12-4-3-5-13(10-12)25-17(27)11-29-18(28)14-6-1-2-7-15(14)24-9-8-16(26)19(21,22)23/h1-10,24H,11H2,(H,25,27)/b9-8+. The van der Waals surface area contributed by atoms with Crippen LogP contribution >= 0.6 is 11.6 Å². The van der Waals surface area contributed by atoms with Gasteiger partial charge in [0.25, 0.3) is 11.7 Å². The molecule has 0 aromatic heterocycles. The van der Waals surface area contributed by atoms with Gasteiger partial charge in [-0.1, -0.05) is 29.8 Å². The Morgan fingerprint density at radius 1 is 1.07 bits per heavy atom. The Kier molecular flexibility index (Phi) is 7.38. The van der Waals surface area contributed by atoms with Crippen molar-refractivity contribution in [2.45, 2.75) is 6.18 Å². The third-order valence-corrected chi connectivity index (χ3v) is 3.58. The van der Waals surface area contributed by atoms with E-state index in [1.54, 1.807) is 18.2 Å². The molecule has 29 heavy (non-hydrogen) atoms. The first kappa shape index (κ1) is 22.0. The second-order valence-corrected chi connectivity index (χ2v) is 5.96. The van der Waals surface area contributed by atoms with Crippen molar-refractivity contribution in [3.8, 4) is 0 Å². The van der Waals surface area contributed by atoms with Crippen molar-refractivity contribution in [2.75, 3.05) is 17.2 Å². The van der Waals surface area contributed by atoms with Crippen LogP contribution in [0, 0.1) is 0 Å². The zero-order valence-corrected chi connectivity index (χ0v) is 15.4. The van der Waals surface area contributed by atoms with Crippen LogP contribution in [-0.2, 0) is 14.3 Å². The average molecular weight is 427 g/mol. The molecule has 0 aliphatic rings. The van der Waals surface area contributed by atoms with Crippen molar-refractivity contribution in [2.24, 2.45) is 0 Å². The summed E-state index contributed by atoms with van der Waals surface area (Å²) in [6.45, 7) is -0.595. The summed E-state index contributed by atoms with van der Waals surface area (Å²) in [5.74, 6) is -3.55. The van der Waals surface area contributed by atoms with Gasteiger partial charge in [0, 0.05) is 23.0 Å². The first-order valence-corrected chi connectivity index (χ1v) is 8.40. The third-order valence-electron chi connectivity index (χ3n) is 3.34. The van der Waals surface area contributed by atoms with E-state index in [1.165, 1.54) is 30.3 Å². The highest BCUT2D eigenvalue weighted by molar-refractivity contribution is 6.30. The summed E-state index contributed by atoms with van der Waals surface area (Å²) in [5, 5.41) is 5.32. The Hall–Kier alpha value is -3.33. The minimum absolute atomic E-state index is 0.0350. The maximum atomic E-state index is 12.2. The van der Waals surface area contributed by atoms with E-state index in [4.69, 9.17) is 16.3 Å². The monoisotopic (exact) mass is 426 g/mol. The largest absolute Gasteiger partial charge is 0.454 e. The highest BCUT2D eigenvalue weighted by atomic mass is 35.5. The van der Waals surface area contributed by atoms with E-state index >= 15 is 0 Å². The van der Waals surface area contributed by atoms with Gasteiger partial charge in [-0.2, -0.15) is 13.2 Å². The molecule has 0 aliphatic carbocycles. The minimum Gasteiger partial charge on any atom is -0.452 e. The van der Waals surface area contributed by atoms with Crippen LogP contribution in [0.25, 0.3) is 0 Å². The van der Waals surface area contributed by atoms with Crippen molar-refractivity contribution < 1.29 is 32.3 Å². The van der Waals surface area contributed by atoms with Gasteiger partial charge < -0.3 is 15.4 Å². The smallest absolute Gasteiger partial charge is 0.452 e. The van der Waals surface area contributed by atoms with E-state index in [9.17, 15) is 27.6 Å². The molecule has 0 unspecified atom stereocenters. The molecule has 0 bridgehead atoms. The number of ether oxygens (including phenoxy) is 1. The number of nitrogens with one attached hydrogen (secondary N) is 2. The summed E-state index contributed by atoms with van der Waals surface area (Å²) in [4.78, 5) is 34.9. The third kappa shape index (κ3) is 6.96. The first-order valence-electron chi connectivity index (χ1n) is 8.02. The van der Waals surface area contributed by atoms with Gasteiger partial charge >= 0.3 is 12.1 Å². The number of carbonyl (C=O) groups excluding carboxylic acids is 3. The highest BCUT2D eigenvalue weighted by Gasteiger charge is 2.36. The van der Waals surface area contributed by atoms with Crippen molar-refractivity contribution in [3.05, 3.63) is 71.4 Å². The van der Waals surface area contributed by atoms with Gasteiger partial charge in [0.15, 0.2) is 6.61 Å². The number of anilines is 2. The highest BCUT2D eigenvalue weighted by Crippen LogP contribution is 2.19. The fourth-order valence-electron chi connectivity index (χ4n) is 2.06. The summed E-state index contributed by atoms with van der Waals surface area (Å²) in [6.07, 6.45) is -3.94. The van der Waals surface area contributed by atoms with Gasteiger partial charge in [0.05, 0.1) is 11.3 Å². The Bertz CT molecular complexity index is 945.